The topological polar surface area (TPSA) is 125 Å². The SMILES string of the molecule is CC1CN(c2nccc(S(=O)(=O)c3cccc(N4CCc5c([nH]c6ccccc56)C4)n3)c2C(N)=O)C(C)(C)C1. The van der Waals surface area contributed by atoms with Crippen molar-refractivity contribution in [3.05, 3.63) is 71.5 Å². The summed E-state index contributed by atoms with van der Waals surface area (Å²) in [6, 6.07) is 14.5. The fourth-order valence-corrected chi connectivity index (χ4v) is 7.68. The quantitative estimate of drug-likeness (QED) is 0.388. The van der Waals surface area contributed by atoms with Gasteiger partial charge in [0.05, 0.1) is 11.4 Å². The highest BCUT2D eigenvalue weighted by Gasteiger charge is 2.40. The first kappa shape index (κ1) is 25.4. The van der Waals surface area contributed by atoms with Crippen LogP contribution in [0.2, 0.25) is 0 Å². The first-order valence-electron chi connectivity index (χ1n) is 13.2. The van der Waals surface area contributed by atoms with Crippen molar-refractivity contribution in [3.8, 4) is 0 Å². The molecule has 1 fully saturated rings. The van der Waals surface area contributed by atoms with E-state index in [1.165, 1.54) is 29.3 Å². The summed E-state index contributed by atoms with van der Waals surface area (Å²) in [6.07, 6.45) is 3.14. The van der Waals surface area contributed by atoms with E-state index in [1.807, 2.05) is 23.1 Å². The molecule has 1 saturated heterocycles. The van der Waals surface area contributed by atoms with Crippen LogP contribution in [0.5, 0.6) is 0 Å². The monoisotopic (exact) mass is 544 g/mol. The summed E-state index contributed by atoms with van der Waals surface area (Å²) in [5.74, 6) is 0.398. The van der Waals surface area contributed by atoms with Crippen LogP contribution in [0.25, 0.3) is 10.9 Å². The number of H-pyrrole nitrogens is 1. The minimum absolute atomic E-state index is 0.0902. The number of pyridine rings is 2. The van der Waals surface area contributed by atoms with Crippen molar-refractivity contribution >= 4 is 38.3 Å². The number of sulfone groups is 1. The zero-order valence-corrected chi connectivity index (χ0v) is 23.1. The van der Waals surface area contributed by atoms with E-state index in [0.717, 1.165) is 24.1 Å². The zero-order valence-electron chi connectivity index (χ0n) is 22.3. The zero-order chi connectivity index (χ0) is 27.5. The van der Waals surface area contributed by atoms with Crippen molar-refractivity contribution in [3.63, 3.8) is 0 Å². The summed E-state index contributed by atoms with van der Waals surface area (Å²) in [4.78, 5) is 29.1. The summed E-state index contributed by atoms with van der Waals surface area (Å²) in [7, 11) is -4.17. The maximum absolute atomic E-state index is 14.0. The Bertz CT molecular complexity index is 1710. The number of aromatic amines is 1. The second kappa shape index (κ2) is 9.08. The smallest absolute Gasteiger partial charge is 0.253 e. The lowest BCUT2D eigenvalue weighted by molar-refractivity contribution is 0.0997. The van der Waals surface area contributed by atoms with Crippen LogP contribution in [0.1, 0.15) is 48.8 Å². The molecule has 9 nitrogen and oxygen atoms in total. The number of nitrogens with one attached hydrogen (secondary N) is 1. The number of benzene rings is 1. The van der Waals surface area contributed by atoms with Crippen LogP contribution in [0.15, 0.2) is 64.6 Å². The van der Waals surface area contributed by atoms with Gasteiger partial charge in [0.25, 0.3) is 5.91 Å². The summed E-state index contributed by atoms with van der Waals surface area (Å²) in [5.41, 5.74) is 8.91. The molecule has 1 atom stereocenters. The van der Waals surface area contributed by atoms with Crippen molar-refractivity contribution in [1.82, 2.24) is 15.0 Å². The van der Waals surface area contributed by atoms with Crippen LogP contribution in [0, 0.1) is 5.92 Å². The normalized spacial score (nSPS) is 18.9. The van der Waals surface area contributed by atoms with Gasteiger partial charge in [-0.15, -0.1) is 0 Å². The molecule has 0 radical (unpaired) electrons. The van der Waals surface area contributed by atoms with Gasteiger partial charge in [0, 0.05) is 41.4 Å². The first-order valence-corrected chi connectivity index (χ1v) is 14.7. The Kier molecular flexibility index (Phi) is 5.91. The van der Waals surface area contributed by atoms with Gasteiger partial charge in [-0.05, 0) is 62.4 Å². The number of nitrogens with two attached hydrogens (primary N) is 1. The lowest BCUT2D eigenvalue weighted by Gasteiger charge is -2.34. The molecule has 0 spiro atoms. The Balaban J connectivity index is 1.37. The van der Waals surface area contributed by atoms with Crippen molar-refractivity contribution in [2.75, 3.05) is 22.9 Å². The molecular formula is C29H32N6O3S. The van der Waals surface area contributed by atoms with E-state index in [2.05, 4.69) is 52.8 Å². The number of nitrogens with zero attached hydrogens (tertiary/aromatic N) is 4. The molecule has 0 aliphatic carbocycles. The highest BCUT2D eigenvalue weighted by molar-refractivity contribution is 7.91. The highest BCUT2D eigenvalue weighted by Crippen LogP contribution is 2.39. The van der Waals surface area contributed by atoms with Crippen LogP contribution < -0.4 is 15.5 Å². The third-order valence-corrected chi connectivity index (χ3v) is 9.65. The third kappa shape index (κ3) is 4.23. The van der Waals surface area contributed by atoms with Gasteiger partial charge in [-0.3, -0.25) is 4.79 Å². The van der Waals surface area contributed by atoms with Gasteiger partial charge in [0.15, 0.2) is 5.03 Å². The van der Waals surface area contributed by atoms with Crippen LogP contribution in [-0.4, -0.2) is 47.9 Å². The lowest BCUT2D eigenvalue weighted by atomic mass is 9.97. The maximum Gasteiger partial charge on any atom is 0.253 e. The minimum Gasteiger partial charge on any atom is -0.365 e. The molecule has 2 aliphatic heterocycles. The third-order valence-electron chi connectivity index (χ3n) is 7.95. The number of fused-ring (bicyclic) bond motifs is 3. The first-order chi connectivity index (χ1) is 18.6. The number of primary amides is 1. The number of carbonyl (C=O) groups excluding carboxylic acids is 1. The molecule has 10 heteroatoms. The summed E-state index contributed by atoms with van der Waals surface area (Å²) < 4.78 is 27.9. The fraction of sp³-hybridized carbons (Fsp3) is 0.345. The standard InChI is InChI=1S/C29H32N6O3S/c1-18-15-29(2,3)35(16-18)28-26(27(30)36)23(11-13-31-28)39(37,38)25-10-6-9-24(33-25)34-14-12-20-19-7-4-5-8-21(19)32-22(20)17-34/h4-11,13,18,32H,12,14-17H2,1-3H3,(H2,30,36). The molecular weight excluding hydrogens is 512 g/mol. The molecule has 0 saturated carbocycles. The predicted molar refractivity (Wildman–Crippen MR) is 151 cm³/mol. The van der Waals surface area contributed by atoms with E-state index < -0.39 is 15.7 Å². The molecule has 6 rings (SSSR count). The fourth-order valence-electron chi connectivity index (χ4n) is 6.28. The number of amides is 1. The number of hydrogen-bond acceptors (Lipinski definition) is 7. The van der Waals surface area contributed by atoms with E-state index in [1.54, 1.807) is 6.07 Å². The molecule has 0 bridgehead atoms. The molecule has 1 amide bonds. The summed E-state index contributed by atoms with van der Waals surface area (Å²) in [5, 5.41) is 1.09. The Hall–Kier alpha value is -3.92. The molecule has 4 aromatic rings. The maximum atomic E-state index is 14.0. The number of aromatic nitrogens is 3. The van der Waals surface area contributed by atoms with Crippen LogP contribution in [0.4, 0.5) is 11.6 Å². The van der Waals surface area contributed by atoms with E-state index in [0.29, 0.717) is 37.2 Å². The van der Waals surface area contributed by atoms with E-state index >= 15 is 0 Å². The van der Waals surface area contributed by atoms with E-state index in [9.17, 15) is 13.2 Å². The Labute approximate surface area is 228 Å². The highest BCUT2D eigenvalue weighted by atomic mass is 32.2. The summed E-state index contributed by atoms with van der Waals surface area (Å²) in [6.45, 7) is 8.20. The van der Waals surface area contributed by atoms with Gasteiger partial charge < -0.3 is 20.5 Å². The molecule has 202 valence electrons. The number of hydrogen-bond donors (Lipinski definition) is 2. The number of para-hydroxylation sites is 1. The number of carbonyl (C=O) groups is 1. The van der Waals surface area contributed by atoms with Gasteiger partial charge >= 0.3 is 0 Å². The molecule has 2 aliphatic rings. The van der Waals surface area contributed by atoms with Gasteiger partial charge in [0.1, 0.15) is 17.2 Å². The molecule has 3 N–H and O–H groups in total. The van der Waals surface area contributed by atoms with E-state index in [4.69, 9.17) is 5.73 Å². The predicted octanol–water partition coefficient (Wildman–Crippen LogP) is 4.08. The van der Waals surface area contributed by atoms with Crippen molar-refractivity contribution in [1.29, 1.82) is 0 Å². The molecule has 39 heavy (non-hydrogen) atoms. The number of anilines is 2. The molecule has 1 unspecified atom stereocenters. The molecule has 5 heterocycles. The van der Waals surface area contributed by atoms with Gasteiger partial charge in [-0.25, -0.2) is 18.4 Å². The lowest BCUT2D eigenvalue weighted by Crippen LogP contribution is -2.40. The van der Waals surface area contributed by atoms with Crippen LogP contribution in [0.3, 0.4) is 0 Å². The average molecular weight is 545 g/mol. The average Bonchev–Trinajstić information content (AvgIpc) is 3.42. The minimum atomic E-state index is -4.17. The van der Waals surface area contributed by atoms with Gasteiger partial charge in [-0.2, -0.15) is 0 Å². The van der Waals surface area contributed by atoms with Crippen LogP contribution in [-0.2, 0) is 22.8 Å². The number of rotatable bonds is 5. The Morgan fingerprint density at radius 3 is 2.67 bits per heavy atom. The Morgan fingerprint density at radius 1 is 1.13 bits per heavy atom. The molecule has 1 aromatic carbocycles. The van der Waals surface area contributed by atoms with E-state index in [-0.39, 0.29) is 21.0 Å². The van der Waals surface area contributed by atoms with Gasteiger partial charge in [-0.1, -0.05) is 31.2 Å². The largest absolute Gasteiger partial charge is 0.365 e. The van der Waals surface area contributed by atoms with Gasteiger partial charge in [0.2, 0.25) is 9.84 Å². The molecule has 3 aromatic heterocycles. The van der Waals surface area contributed by atoms with Crippen molar-refractivity contribution in [2.45, 2.75) is 55.6 Å². The summed E-state index contributed by atoms with van der Waals surface area (Å²) >= 11 is 0. The van der Waals surface area contributed by atoms with Crippen LogP contribution >= 0.6 is 0 Å². The van der Waals surface area contributed by atoms with Crippen molar-refractivity contribution in [2.24, 2.45) is 11.7 Å². The second-order valence-electron chi connectivity index (χ2n) is 11.2. The second-order valence-corrected chi connectivity index (χ2v) is 13.1. The Morgan fingerprint density at radius 2 is 1.92 bits per heavy atom. The van der Waals surface area contributed by atoms with Crippen molar-refractivity contribution < 1.29 is 13.2 Å².